The molecule has 0 spiro atoms. The van der Waals surface area contributed by atoms with Gasteiger partial charge >= 0.3 is 0 Å². The Morgan fingerprint density at radius 3 is 2.65 bits per heavy atom. The Bertz CT molecular complexity index is 378. The normalized spacial score (nSPS) is 13.5. The molecule has 1 aromatic rings. The van der Waals surface area contributed by atoms with Gasteiger partial charge in [0.2, 0.25) is 5.91 Å². The van der Waals surface area contributed by atoms with Crippen LogP contribution in [0.1, 0.15) is 39.0 Å². The van der Waals surface area contributed by atoms with Gasteiger partial charge in [0.1, 0.15) is 0 Å². The largest absolute Gasteiger partial charge is 0.350 e. The van der Waals surface area contributed by atoms with Gasteiger partial charge in [-0.2, -0.15) is 5.10 Å². The number of hydrogen-bond acceptors (Lipinski definition) is 3. The van der Waals surface area contributed by atoms with E-state index >= 15 is 0 Å². The van der Waals surface area contributed by atoms with Crippen LogP contribution >= 0.6 is 0 Å². The highest BCUT2D eigenvalue weighted by molar-refractivity contribution is 5.81. The van der Waals surface area contributed by atoms with Gasteiger partial charge in [-0.15, -0.1) is 0 Å². The van der Waals surface area contributed by atoms with E-state index in [1.807, 2.05) is 34.6 Å². The summed E-state index contributed by atoms with van der Waals surface area (Å²) in [5.74, 6) is 0.0126. The molecule has 1 rings (SSSR count). The third-order valence-corrected chi connectivity index (χ3v) is 2.42. The molecule has 17 heavy (non-hydrogen) atoms. The molecule has 0 aliphatic heterocycles. The van der Waals surface area contributed by atoms with Gasteiger partial charge in [-0.05, 0) is 34.6 Å². The molecule has 0 aromatic carbocycles. The first-order chi connectivity index (χ1) is 7.79. The quantitative estimate of drug-likeness (QED) is 0.736. The number of carbonyl (C=O) groups excluding carboxylic acids is 1. The molecule has 1 atom stereocenters. The smallest absolute Gasteiger partial charge is 0.237 e. The minimum atomic E-state index is -0.219. The Balaban J connectivity index is 2.42. The minimum Gasteiger partial charge on any atom is -0.350 e. The van der Waals surface area contributed by atoms with Gasteiger partial charge in [0.05, 0.1) is 12.2 Å². The average molecular weight is 238 g/mol. The van der Waals surface area contributed by atoms with Gasteiger partial charge < -0.3 is 10.6 Å². The van der Waals surface area contributed by atoms with Crippen LogP contribution in [-0.4, -0.2) is 27.7 Å². The Morgan fingerprint density at radius 2 is 2.18 bits per heavy atom. The summed E-state index contributed by atoms with van der Waals surface area (Å²) >= 11 is 0. The first-order valence-electron chi connectivity index (χ1n) is 5.84. The fraction of sp³-hybridized carbons (Fsp3) is 0.667. The molecule has 96 valence electrons. The molecule has 0 saturated heterocycles. The monoisotopic (exact) mass is 238 g/mol. The first kappa shape index (κ1) is 13.7. The second kappa shape index (κ2) is 5.31. The number of H-pyrrole nitrogens is 1. The predicted octanol–water partition coefficient (Wildman–Crippen LogP) is 1.11. The van der Waals surface area contributed by atoms with Crippen LogP contribution in [0.3, 0.4) is 0 Å². The van der Waals surface area contributed by atoms with E-state index in [0.717, 1.165) is 11.3 Å². The number of carbonyl (C=O) groups is 1. The zero-order chi connectivity index (χ0) is 13.1. The summed E-state index contributed by atoms with van der Waals surface area (Å²) in [5.41, 5.74) is 1.92. The zero-order valence-corrected chi connectivity index (χ0v) is 11.2. The summed E-state index contributed by atoms with van der Waals surface area (Å²) in [6, 6.07) is -0.219. The molecule has 1 heterocycles. The molecule has 0 radical (unpaired) electrons. The number of nitrogens with zero attached hydrogens (tertiary/aromatic N) is 1. The second-order valence-corrected chi connectivity index (χ2v) is 5.36. The molecule has 3 N–H and O–H groups in total. The van der Waals surface area contributed by atoms with Crippen molar-refractivity contribution >= 4 is 5.91 Å². The highest BCUT2D eigenvalue weighted by Gasteiger charge is 2.18. The first-order valence-corrected chi connectivity index (χ1v) is 5.84. The van der Waals surface area contributed by atoms with Gasteiger partial charge in [-0.1, -0.05) is 0 Å². The molecule has 0 saturated carbocycles. The van der Waals surface area contributed by atoms with E-state index in [-0.39, 0.29) is 17.5 Å². The van der Waals surface area contributed by atoms with E-state index in [9.17, 15) is 4.79 Å². The van der Waals surface area contributed by atoms with Crippen molar-refractivity contribution in [3.8, 4) is 0 Å². The second-order valence-electron chi connectivity index (χ2n) is 5.36. The van der Waals surface area contributed by atoms with Gasteiger partial charge in [0, 0.05) is 23.3 Å². The predicted molar refractivity (Wildman–Crippen MR) is 67.5 cm³/mol. The minimum absolute atomic E-state index is 0.0126. The molecule has 1 amide bonds. The Labute approximate surface area is 102 Å². The van der Waals surface area contributed by atoms with Crippen molar-refractivity contribution in [1.82, 2.24) is 20.8 Å². The van der Waals surface area contributed by atoms with Crippen LogP contribution in [0.2, 0.25) is 0 Å². The van der Waals surface area contributed by atoms with Crippen molar-refractivity contribution in [1.29, 1.82) is 0 Å². The van der Waals surface area contributed by atoms with Crippen LogP contribution in [0, 0.1) is 6.92 Å². The van der Waals surface area contributed by atoms with E-state index in [0.29, 0.717) is 6.54 Å². The number of aryl methyl sites for hydroxylation is 1. The van der Waals surface area contributed by atoms with Crippen LogP contribution in [0.15, 0.2) is 6.20 Å². The lowest BCUT2D eigenvalue weighted by Crippen LogP contribution is -2.49. The van der Waals surface area contributed by atoms with Gasteiger partial charge in [0.25, 0.3) is 0 Å². The van der Waals surface area contributed by atoms with Crippen molar-refractivity contribution < 1.29 is 4.79 Å². The Morgan fingerprint density at radius 1 is 1.53 bits per heavy atom. The van der Waals surface area contributed by atoms with E-state index < -0.39 is 0 Å². The van der Waals surface area contributed by atoms with Crippen LogP contribution in [0.5, 0.6) is 0 Å². The summed E-state index contributed by atoms with van der Waals surface area (Å²) in [6.45, 7) is 10.4. The third-order valence-electron chi connectivity index (χ3n) is 2.42. The molecule has 0 bridgehead atoms. The fourth-order valence-corrected chi connectivity index (χ4v) is 1.39. The SMILES string of the molecule is Cc1[nH]ncc1CNC(C)C(=O)NC(C)(C)C. The molecular formula is C12H22N4O. The molecule has 1 aromatic heterocycles. The molecule has 1 unspecified atom stereocenters. The maximum Gasteiger partial charge on any atom is 0.237 e. The van der Waals surface area contributed by atoms with E-state index in [1.54, 1.807) is 6.20 Å². The van der Waals surface area contributed by atoms with E-state index in [4.69, 9.17) is 0 Å². The van der Waals surface area contributed by atoms with Gasteiger partial charge in [-0.25, -0.2) is 0 Å². The lowest BCUT2D eigenvalue weighted by molar-refractivity contribution is -0.124. The Kier molecular flexibility index (Phi) is 4.28. The maximum atomic E-state index is 11.8. The van der Waals surface area contributed by atoms with Gasteiger partial charge in [0.15, 0.2) is 0 Å². The van der Waals surface area contributed by atoms with Crippen LogP contribution in [0.4, 0.5) is 0 Å². The van der Waals surface area contributed by atoms with Crippen molar-refractivity contribution in [3.63, 3.8) is 0 Å². The molecule has 5 nitrogen and oxygen atoms in total. The van der Waals surface area contributed by atoms with Gasteiger partial charge in [-0.3, -0.25) is 9.89 Å². The Hall–Kier alpha value is -1.36. The summed E-state index contributed by atoms with van der Waals surface area (Å²) in [6.07, 6.45) is 1.77. The zero-order valence-electron chi connectivity index (χ0n) is 11.2. The van der Waals surface area contributed by atoms with Crippen molar-refractivity contribution in [2.24, 2.45) is 0 Å². The van der Waals surface area contributed by atoms with Crippen LogP contribution in [0.25, 0.3) is 0 Å². The van der Waals surface area contributed by atoms with E-state index in [1.165, 1.54) is 0 Å². The maximum absolute atomic E-state index is 11.8. The summed E-state index contributed by atoms with van der Waals surface area (Å²) in [7, 11) is 0. The lowest BCUT2D eigenvalue weighted by Gasteiger charge is -2.23. The van der Waals surface area contributed by atoms with Crippen LogP contribution < -0.4 is 10.6 Å². The van der Waals surface area contributed by atoms with Crippen molar-refractivity contribution in [2.75, 3.05) is 0 Å². The number of aromatic nitrogens is 2. The highest BCUT2D eigenvalue weighted by Crippen LogP contribution is 2.03. The number of aromatic amines is 1. The van der Waals surface area contributed by atoms with Crippen LogP contribution in [-0.2, 0) is 11.3 Å². The summed E-state index contributed by atoms with van der Waals surface area (Å²) in [4.78, 5) is 11.8. The molecule has 0 aliphatic carbocycles. The number of nitrogens with one attached hydrogen (secondary N) is 3. The number of rotatable bonds is 4. The molecule has 0 fully saturated rings. The summed E-state index contributed by atoms with van der Waals surface area (Å²) in [5, 5.41) is 12.9. The number of hydrogen-bond donors (Lipinski definition) is 3. The molecule has 0 aliphatic rings. The number of amides is 1. The lowest BCUT2D eigenvalue weighted by atomic mass is 10.1. The van der Waals surface area contributed by atoms with Crippen molar-refractivity contribution in [3.05, 3.63) is 17.5 Å². The molecular weight excluding hydrogens is 216 g/mol. The third kappa shape index (κ3) is 4.56. The molecule has 5 heteroatoms. The average Bonchev–Trinajstić information content (AvgIpc) is 2.57. The van der Waals surface area contributed by atoms with E-state index in [2.05, 4.69) is 20.8 Å². The summed E-state index contributed by atoms with van der Waals surface area (Å²) < 4.78 is 0. The standard InChI is InChI=1S/C12H22N4O/c1-8-10(7-14-16-8)6-13-9(2)11(17)15-12(3,4)5/h7,9,13H,6H2,1-5H3,(H,14,16)(H,15,17). The fourth-order valence-electron chi connectivity index (χ4n) is 1.39. The highest BCUT2D eigenvalue weighted by atomic mass is 16.2. The topological polar surface area (TPSA) is 69.8 Å². The van der Waals surface area contributed by atoms with Crippen molar-refractivity contribution in [2.45, 2.75) is 52.7 Å².